The van der Waals surface area contributed by atoms with Crippen LogP contribution in [0, 0.1) is 0 Å². The fourth-order valence-corrected chi connectivity index (χ4v) is 9.40. The highest BCUT2D eigenvalue weighted by Crippen LogP contribution is 2.49. The molecule has 7 aromatic carbocycles. The normalized spacial score (nSPS) is 12.2. The van der Waals surface area contributed by atoms with Crippen LogP contribution in [0.1, 0.15) is 11.1 Å². The maximum atomic E-state index is 5.03. The predicted octanol–water partition coefficient (Wildman–Crippen LogP) is 11.9. The number of nitrogens with zero attached hydrogens (tertiary/aromatic N) is 4. The fourth-order valence-electron chi connectivity index (χ4n) is 7.96. The predicted molar refractivity (Wildman–Crippen MR) is 212 cm³/mol. The van der Waals surface area contributed by atoms with Crippen molar-refractivity contribution in [3.05, 3.63) is 169 Å². The first kappa shape index (κ1) is 28.4. The van der Waals surface area contributed by atoms with Crippen LogP contribution in [-0.2, 0) is 6.42 Å². The van der Waals surface area contributed by atoms with Gasteiger partial charge in [0.05, 0.1) is 11.0 Å². The average molecular weight is 669 g/mol. The van der Waals surface area contributed by atoms with Gasteiger partial charge in [0.25, 0.3) is 0 Å². The van der Waals surface area contributed by atoms with Gasteiger partial charge < -0.3 is 4.57 Å². The molecule has 1 aliphatic carbocycles. The van der Waals surface area contributed by atoms with E-state index < -0.39 is 0 Å². The van der Waals surface area contributed by atoms with Gasteiger partial charge in [0.1, 0.15) is 0 Å². The minimum atomic E-state index is 0.645. The van der Waals surface area contributed by atoms with Crippen molar-refractivity contribution in [3.8, 4) is 51.0 Å². The van der Waals surface area contributed by atoms with Crippen LogP contribution in [-0.4, -0.2) is 19.5 Å². The van der Waals surface area contributed by atoms with Gasteiger partial charge in [-0.3, -0.25) is 0 Å². The Morgan fingerprint density at radius 3 is 1.86 bits per heavy atom. The number of hydrogen-bond acceptors (Lipinski definition) is 4. The molecule has 0 saturated carbocycles. The van der Waals surface area contributed by atoms with E-state index in [1.165, 1.54) is 64.2 Å². The Labute approximate surface area is 298 Å². The Balaban J connectivity index is 1.13. The van der Waals surface area contributed by atoms with Gasteiger partial charge in [0.15, 0.2) is 17.5 Å². The van der Waals surface area contributed by atoms with Gasteiger partial charge in [0, 0.05) is 58.9 Å². The van der Waals surface area contributed by atoms with Crippen LogP contribution in [0.15, 0.2) is 158 Å². The topological polar surface area (TPSA) is 43.6 Å². The second kappa shape index (κ2) is 11.0. The van der Waals surface area contributed by atoms with Crippen LogP contribution in [0.2, 0.25) is 0 Å². The van der Waals surface area contributed by atoms with Gasteiger partial charge in [-0.2, -0.15) is 0 Å². The first-order valence-electron chi connectivity index (χ1n) is 17.2. The molecule has 1 aliphatic rings. The zero-order chi connectivity index (χ0) is 33.5. The second-order valence-corrected chi connectivity index (χ2v) is 14.2. The monoisotopic (exact) mass is 668 g/mol. The van der Waals surface area contributed by atoms with Crippen molar-refractivity contribution >= 4 is 53.3 Å². The summed E-state index contributed by atoms with van der Waals surface area (Å²) in [6.45, 7) is 0. The van der Waals surface area contributed by atoms with Crippen molar-refractivity contribution in [2.75, 3.05) is 0 Å². The van der Waals surface area contributed by atoms with Gasteiger partial charge in [-0.25, -0.2) is 15.0 Å². The summed E-state index contributed by atoms with van der Waals surface area (Å²) in [4.78, 5) is 15.0. The molecule has 51 heavy (non-hydrogen) atoms. The van der Waals surface area contributed by atoms with Crippen LogP contribution in [0.25, 0.3) is 93.0 Å². The Morgan fingerprint density at radius 1 is 0.451 bits per heavy atom. The van der Waals surface area contributed by atoms with E-state index >= 15 is 0 Å². The number of aromatic nitrogens is 4. The van der Waals surface area contributed by atoms with Crippen LogP contribution in [0.3, 0.4) is 0 Å². The maximum absolute atomic E-state index is 5.03. The molecule has 0 radical (unpaired) electrons. The number of rotatable bonds is 4. The van der Waals surface area contributed by atoms with Crippen LogP contribution >= 0.6 is 11.3 Å². The minimum Gasteiger partial charge on any atom is -0.309 e. The lowest BCUT2D eigenvalue weighted by molar-refractivity contribution is 1.07. The van der Waals surface area contributed by atoms with Gasteiger partial charge in [-0.05, 0) is 47.4 Å². The average Bonchev–Trinajstić information content (AvgIpc) is 3.88. The molecule has 3 heterocycles. The van der Waals surface area contributed by atoms with Crippen molar-refractivity contribution in [1.82, 2.24) is 19.5 Å². The van der Waals surface area contributed by atoms with E-state index in [0.29, 0.717) is 17.5 Å². The standard InChI is InChI=1S/C46H28N4S/c1-3-12-28(13-4-1)44-47-45(29-14-5-2-6-15-29)49-46(48-44)32-17-11-18-33(27-32)50-38-21-10-9-20-37(38)41-39(50)25-24-36-35-23-22-31-26-30-16-7-8-19-34(30)40(31)42(35)51-43(36)41/h1-25,27H,26H2. The van der Waals surface area contributed by atoms with E-state index in [-0.39, 0.29) is 0 Å². The quantitative estimate of drug-likeness (QED) is 0.187. The second-order valence-electron chi connectivity index (χ2n) is 13.2. The van der Waals surface area contributed by atoms with E-state index in [1.807, 2.05) is 72.0 Å². The summed E-state index contributed by atoms with van der Waals surface area (Å²) >= 11 is 1.94. The number of hydrogen-bond donors (Lipinski definition) is 0. The van der Waals surface area contributed by atoms with Crippen molar-refractivity contribution in [2.24, 2.45) is 0 Å². The molecule has 5 heteroatoms. The third-order valence-electron chi connectivity index (χ3n) is 10.3. The summed E-state index contributed by atoms with van der Waals surface area (Å²) in [5, 5.41) is 5.21. The van der Waals surface area contributed by atoms with Gasteiger partial charge in [-0.15, -0.1) is 11.3 Å². The summed E-state index contributed by atoms with van der Waals surface area (Å²) in [5.41, 5.74) is 11.9. The summed E-state index contributed by atoms with van der Waals surface area (Å²) < 4.78 is 5.12. The van der Waals surface area contributed by atoms with Crippen LogP contribution in [0.4, 0.5) is 0 Å². The first-order valence-corrected chi connectivity index (χ1v) is 18.1. The molecule has 238 valence electrons. The lowest BCUT2D eigenvalue weighted by atomic mass is 10.0. The molecular formula is C46H28N4S. The molecule has 0 bridgehead atoms. The van der Waals surface area contributed by atoms with E-state index in [1.54, 1.807) is 0 Å². The van der Waals surface area contributed by atoms with E-state index in [4.69, 9.17) is 15.0 Å². The molecule has 0 saturated heterocycles. The SMILES string of the molecule is c1ccc(-c2nc(-c3ccccc3)nc(-c3cccc(-n4c5ccccc5c5c6sc7c8c(ccc7c6ccc54)Cc4ccccc4-8)c3)n2)cc1. The summed E-state index contributed by atoms with van der Waals surface area (Å²) in [6, 6.07) is 55.9. The fraction of sp³-hybridized carbons (Fsp3) is 0.0217. The number of benzene rings is 7. The van der Waals surface area contributed by atoms with Crippen molar-refractivity contribution in [3.63, 3.8) is 0 Å². The molecule has 0 N–H and O–H groups in total. The maximum Gasteiger partial charge on any atom is 0.164 e. The molecule has 0 unspecified atom stereocenters. The Kier molecular flexibility index (Phi) is 6.15. The molecule has 0 fully saturated rings. The molecule has 11 rings (SSSR count). The smallest absolute Gasteiger partial charge is 0.164 e. The largest absolute Gasteiger partial charge is 0.309 e. The van der Waals surface area contributed by atoms with Gasteiger partial charge >= 0.3 is 0 Å². The Morgan fingerprint density at radius 2 is 1.08 bits per heavy atom. The summed E-state index contributed by atoms with van der Waals surface area (Å²) in [7, 11) is 0. The zero-order valence-electron chi connectivity index (χ0n) is 27.4. The van der Waals surface area contributed by atoms with E-state index in [9.17, 15) is 0 Å². The molecule has 0 atom stereocenters. The number of para-hydroxylation sites is 1. The summed E-state index contributed by atoms with van der Waals surface area (Å²) in [6.07, 6.45) is 1.00. The van der Waals surface area contributed by atoms with Crippen LogP contribution in [0.5, 0.6) is 0 Å². The lowest BCUT2D eigenvalue weighted by Gasteiger charge is -2.11. The Hall–Kier alpha value is -6.43. The van der Waals surface area contributed by atoms with Crippen LogP contribution < -0.4 is 0 Å². The highest BCUT2D eigenvalue weighted by atomic mass is 32.1. The highest BCUT2D eigenvalue weighted by molar-refractivity contribution is 7.27. The van der Waals surface area contributed by atoms with Crippen molar-refractivity contribution in [1.29, 1.82) is 0 Å². The molecule has 0 aliphatic heterocycles. The third kappa shape index (κ3) is 4.35. The minimum absolute atomic E-state index is 0.645. The number of thiophene rings is 1. The van der Waals surface area contributed by atoms with Gasteiger partial charge in [0.2, 0.25) is 0 Å². The van der Waals surface area contributed by atoms with Gasteiger partial charge in [-0.1, -0.05) is 133 Å². The molecule has 10 aromatic rings. The lowest BCUT2D eigenvalue weighted by Crippen LogP contribution is -2.01. The van der Waals surface area contributed by atoms with Crippen molar-refractivity contribution in [2.45, 2.75) is 6.42 Å². The Bertz CT molecular complexity index is 2940. The molecule has 0 amide bonds. The molecule has 3 aromatic heterocycles. The molecule has 0 spiro atoms. The molecule has 4 nitrogen and oxygen atoms in total. The van der Waals surface area contributed by atoms with Crippen molar-refractivity contribution < 1.29 is 0 Å². The van der Waals surface area contributed by atoms with E-state index in [2.05, 4.69) is 102 Å². The summed E-state index contributed by atoms with van der Waals surface area (Å²) in [5.74, 6) is 1.96. The molecular weight excluding hydrogens is 641 g/mol. The third-order valence-corrected chi connectivity index (χ3v) is 11.5. The first-order chi connectivity index (χ1) is 25.3. The number of fused-ring (bicyclic) bond motifs is 11. The highest BCUT2D eigenvalue weighted by Gasteiger charge is 2.24. The zero-order valence-corrected chi connectivity index (χ0v) is 28.2. The van der Waals surface area contributed by atoms with E-state index in [0.717, 1.165) is 28.8 Å².